The first-order valence-electron chi connectivity index (χ1n) is 8.63. The van der Waals surface area contributed by atoms with Crippen molar-refractivity contribution >= 4 is 27.3 Å². The number of aryl methyl sites for hydroxylation is 2. The maximum absolute atomic E-state index is 12.5. The Labute approximate surface area is 167 Å². The average molecular weight is 421 g/mol. The molecule has 3 aromatic rings. The van der Waals surface area contributed by atoms with E-state index in [0.717, 1.165) is 4.88 Å². The summed E-state index contributed by atoms with van der Waals surface area (Å²) >= 11 is 1.47. The number of rotatable bonds is 9. The van der Waals surface area contributed by atoms with Crippen molar-refractivity contribution in [3.63, 3.8) is 0 Å². The van der Waals surface area contributed by atoms with Gasteiger partial charge < -0.3 is 9.84 Å². The molecule has 0 saturated carbocycles. The van der Waals surface area contributed by atoms with Crippen molar-refractivity contribution in [1.29, 1.82) is 0 Å². The molecule has 10 heteroatoms. The number of amides is 1. The van der Waals surface area contributed by atoms with Gasteiger partial charge in [-0.1, -0.05) is 17.3 Å². The Balaban J connectivity index is 1.54. The third kappa shape index (κ3) is 5.47. The molecule has 0 unspecified atom stereocenters. The predicted octanol–water partition coefficient (Wildman–Crippen LogP) is 2.28. The Morgan fingerprint density at radius 3 is 2.82 bits per heavy atom. The van der Waals surface area contributed by atoms with E-state index in [-0.39, 0.29) is 22.9 Å². The van der Waals surface area contributed by atoms with E-state index in [1.807, 2.05) is 17.5 Å². The van der Waals surface area contributed by atoms with Crippen LogP contribution in [0.25, 0.3) is 0 Å². The van der Waals surface area contributed by atoms with Gasteiger partial charge in [-0.3, -0.25) is 4.79 Å². The third-order valence-electron chi connectivity index (χ3n) is 3.85. The molecule has 28 heavy (non-hydrogen) atoms. The summed E-state index contributed by atoms with van der Waals surface area (Å²) in [6, 6.07) is 9.68. The van der Waals surface area contributed by atoms with Crippen LogP contribution in [0.4, 0.5) is 0 Å². The lowest BCUT2D eigenvalue weighted by Crippen LogP contribution is -2.26. The maximum Gasteiger partial charge on any atom is 0.251 e. The number of sulfonamides is 1. The van der Waals surface area contributed by atoms with Crippen molar-refractivity contribution < 1.29 is 17.7 Å². The maximum atomic E-state index is 12.5. The number of hydrogen-bond acceptors (Lipinski definition) is 7. The van der Waals surface area contributed by atoms with Crippen molar-refractivity contribution in [2.45, 2.75) is 31.2 Å². The summed E-state index contributed by atoms with van der Waals surface area (Å²) in [5.41, 5.74) is 0.285. The summed E-state index contributed by atoms with van der Waals surface area (Å²) in [5.74, 6) is 0.762. The van der Waals surface area contributed by atoms with Gasteiger partial charge in [0, 0.05) is 30.0 Å². The molecule has 3 rings (SSSR count). The first-order valence-corrected chi connectivity index (χ1v) is 11.0. The number of carbonyl (C=O) groups excluding carboxylic acids is 1. The minimum atomic E-state index is -3.70. The van der Waals surface area contributed by atoms with Crippen LogP contribution >= 0.6 is 11.3 Å². The lowest BCUT2D eigenvalue weighted by Gasteiger charge is -2.08. The molecule has 0 bridgehead atoms. The minimum absolute atomic E-state index is 0.0537. The molecular weight excluding hydrogens is 400 g/mol. The number of thiophene rings is 1. The van der Waals surface area contributed by atoms with Gasteiger partial charge in [0.05, 0.1) is 4.90 Å². The standard InChI is InChI=1S/C18H20N4O4S2/c1-13-21-17(26-22-13)8-3-9-19-18(23)14-5-2-7-16(11-14)28(24,25)20-12-15-6-4-10-27-15/h2,4-7,10-11,20H,3,8-9,12H2,1H3,(H,19,23). The Hall–Kier alpha value is -2.56. The van der Waals surface area contributed by atoms with Gasteiger partial charge in [0.25, 0.3) is 5.91 Å². The first-order chi connectivity index (χ1) is 13.4. The van der Waals surface area contributed by atoms with Crippen LogP contribution in [0.5, 0.6) is 0 Å². The van der Waals surface area contributed by atoms with Crippen molar-refractivity contribution in [2.75, 3.05) is 6.54 Å². The molecule has 0 aliphatic heterocycles. The Morgan fingerprint density at radius 2 is 2.11 bits per heavy atom. The van der Waals surface area contributed by atoms with Crippen LogP contribution in [0.3, 0.4) is 0 Å². The van der Waals surface area contributed by atoms with Crippen molar-refractivity contribution in [2.24, 2.45) is 0 Å². The summed E-state index contributed by atoms with van der Waals surface area (Å²) in [6.07, 6.45) is 1.19. The highest BCUT2D eigenvalue weighted by Gasteiger charge is 2.16. The number of aromatic nitrogens is 2. The van der Waals surface area contributed by atoms with Crippen LogP contribution in [0.15, 0.2) is 51.2 Å². The highest BCUT2D eigenvalue weighted by atomic mass is 32.2. The molecule has 1 aromatic carbocycles. The number of benzene rings is 1. The molecule has 0 radical (unpaired) electrons. The molecule has 0 aliphatic carbocycles. The molecule has 148 valence electrons. The number of nitrogens with one attached hydrogen (secondary N) is 2. The average Bonchev–Trinajstić information content (AvgIpc) is 3.35. The fourth-order valence-electron chi connectivity index (χ4n) is 2.45. The SMILES string of the molecule is Cc1noc(CCCNC(=O)c2cccc(S(=O)(=O)NCc3cccs3)c2)n1. The lowest BCUT2D eigenvalue weighted by molar-refractivity contribution is 0.0952. The van der Waals surface area contributed by atoms with E-state index in [0.29, 0.717) is 31.1 Å². The topological polar surface area (TPSA) is 114 Å². The van der Waals surface area contributed by atoms with Gasteiger partial charge in [-0.05, 0) is 43.0 Å². The zero-order chi connectivity index (χ0) is 20.0. The molecule has 2 heterocycles. The van der Waals surface area contributed by atoms with Crippen LogP contribution in [-0.4, -0.2) is 31.0 Å². The molecule has 2 aromatic heterocycles. The first kappa shape index (κ1) is 20.2. The fourth-order valence-corrected chi connectivity index (χ4v) is 4.24. The summed E-state index contributed by atoms with van der Waals surface area (Å²) in [5, 5.41) is 8.36. The number of hydrogen-bond donors (Lipinski definition) is 2. The minimum Gasteiger partial charge on any atom is -0.352 e. The van der Waals surface area contributed by atoms with Crippen LogP contribution in [-0.2, 0) is 23.0 Å². The highest BCUT2D eigenvalue weighted by molar-refractivity contribution is 7.89. The second-order valence-electron chi connectivity index (χ2n) is 6.03. The quantitative estimate of drug-likeness (QED) is 0.513. The van der Waals surface area contributed by atoms with Gasteiger partial charge in [0.15, 0.2) is 5.82 Å². The fraction of sp³-hybridized carbons (Fsp3) is 0.278. The molecule has 0 fully saturated rings. The Kier molecular flexibility index (Phi) is 6.55. The van der Waals surface area contributed by atoms with E-state index in [1.165, 1.54) is 23.5 Å². The van der Waals surface area contributed by atoms with E-state index in [2.05, 4.69) is 20.2 Å². The van der Waals surface area contributed by atoms with Crippen molar-refractivity contribution in [1.82, 2.24) is 20.2 Å². The summed E-state index contributed by atoms with van der Waals surface area (Å²) in [6.45, 7) is 2.37. The molecule has 1 amide bonds. The van der Waals surface area contributed by atoms with Gasteiger partial charge in [0.1, 0.15) is 0 Å². The van der Waals surface area contributed by atoms with E-state index >= 15 is 0 Å². The smallest absolute Gasteiger partial charge is 0.251 e. The monoisotopic (exact) mass is 420 g/mol. The normalized spacial score (nSPS) is 11.5. The molecule has 0 atom stereocenters. The Morgan fingerprint density at radius 1 is 1.25 bits per heavy atom. The van der Waals surface area contributed by atoms with Gasteiger partial charge in [-0.2, -0.15) is 4.98 Å². The molecule has 8 nitrogen and oxygen atoms in total. The number of nitrogens with zero attached hydrogens (tertiary/aromatic N) is 2. The van der Waals surface area contributed by atoms with Crippen LogP contribution in [0.2, 0.25) is 0 Å². The second kappa shape index (κ2) is 9.09. The molecule has 0 saturated heterocycles. The van der Waals surface area contributed by atoms with E-state index in [1.54, 1.807) is 19.1 Å². The van der Waals surface area contributed by atoms with Crippen molar-refractivity contribution in [3.05, 3.63) is 63.9 Å². The van der Waals surface area contributed by atoms with Gasteiger partial charge in [-0.15, -0.1) is 11.3 Å². The highest BCUT2D eigenvalue weighted by Crippen LogP contribution is 2.14. The second-order valence-corrected chi connectivity index (χ2v) is 8.83. The van der Waals surface area contributed by atoms with Crippen LogP contribution in [0.1, 0.15) is 33.4 Å². The van der Waals surface area contributed by atoms with Crippen molar-refractivity contribution in [3.8, 4) is 0 Å². The van der Waals surface area contributed by atoms with Crippen LogP contribution in [0, 0.1) is 6.92 Å². The third-order valence-corrected chi connectivity index (χ3v) is 6.12. The van der Waals surface area contributed by atoms with Crippen LogP contribution < -0.4 is 10.0 Å². The summed E-state index contributed by atoms with van der Waals surface area (Å²) in [4.78, 5) is 17.4. The summed E-state index contributed by atoms with van der Waals surface area (Å²) in [7, 11) is -3.70. The van der Waals surface area contributed by atoms with Gasteiger partial charge >= 0.3 is 0 Å². The lowest BCUT2D eigenvalue weighted by atomic mass is 10.2. The molecule has 0 spiro atoms. The van der Waals surface area contributed by atoms with E-state index < -0.39 is 10.0 Å². The number of carbonyl (C=O) groups is 1. The largest absolute Gasteiger partial charge is 0.352 e. The zero-order valence-corrected chi connectivity index (χ0v) is 16.8. The predicted molar refractivity (Wildman–Crippen MR) is 104 cm³/mol. The summed E-state index contributed by atoms with van der Waals surface area (Å²) < 4.78 is 32.5. The zero-order valence-electron chi connectivity index (χ0n) is 15.2. The molecular formula is C18H20N4O4S2. The molecule has 2 N–H and O–H groups in total. The van der Waals surface area contributed by atoms with Gasteiger partial charge in [0.2, 0.25) is 15.9 Å². The molecule has 0 aliphatic rings. The van der Waals surface area contributed by atoms with E-state index in [9.17, 15) is 13.2 Å². The Bertz CT molecular complexity index is 1030. The van der Waals surface area contributed by atoms with Gasteiger partial charge in [-0.25, -0.2) is 13.1 Å². The van der Waals surface area contributed by atoms with E-state index in [4.69, 9.17) is 4.52 Å².